The molecule has 0 atom stereocenters. The molecule has 0 saturated heterocycles. The minimum absolute atomic E-state index is 0.0334. The molecule has 0 bridgehead atoms. The summed E-state index contributed by atoms with van der Waals surface area (Å²) in [6.07, 6.45) is 6.10. The second-order valence-corrected chi connectivity index (χ2v) is 6.13. The van der Waals surface area contributed by atoms with Gasteiger partial charge < -0.3 is 5.32 Å². The van der Waals surface area contributed by atoms with Crippen LogP contribution in [-0.2, 0) is 6.42 Å². The van der Waals surface area contributed by atoms with Crippen molar-refractivity contribution in [1.29, 1.82) is 0 Å². The SMILES string of the molecule is CCc1ccc(NC(=O)c2ccc(-c3cnc4ccccn34)cc2F)nc1. The maximum absolute atomic E-state index is 14.6. The lowest BCUT2D eigenvalue weighted by Crippen LogP contribution is -2.14. The minimum atomic E-state index is -0.596. The fraction of sp³-hybridized carbons (Fsp3) is 0.0952. The minimum Gasteiger partial charge on any atom is -0.306 e. The highest BCUT2D eigenvalue weighted by Gasteiger charge is 2.15. The Bertz CT molecular complexity index is 1120. The molecule has 0 aliphatic heterocycles. The number of anilines is 1. The van der Waals surface area contributed by atoms with Crippen molar-refractivity contribution in [2.45, 2.75) is 13.3 Å². The first kappa shape index (κ1) is 16.9. The Morgan fingerprint density at radius 1 is 1.11 bits per heavy atom. The molecular formula is C21H17FN4O. The van der Waals surface area contributed by atoms with Gasteiger partial charge in [-0.1, -0.05) is 25.1 Å². The number of nitrogens with zero attached hydrogens (tertiary/aromatic N) is 3. The Kier molecular flexibility index (Phi) is 4.38. The molecule has 0 fully saturated rings. The topological polar surface area (TPSA) is 59.3 Å². The van der Waals surface area contributed by atoms with Gasteiger partial charge in [-0.05, 0) is 42.3 Å². The number of hydrogen-bond donors (Lipinski definition) is 1. The molecule has 0 saturated carbocycles. The molecule has 5 nitrogen and oxygen atoms in total. The number of amides is 1. The van der Waals surface area contributed by atoms with Gasteiger partial charge in [0.25, 0.3) is 5.91 Å². The number of hydrogen-bond acceptors (Lipinski definition) is 3. The quantitative estimate of drug-likeness (QED) is 0.589. The van der Waals surface area contributed by atoms with Gasteiger partial charge in [-0.15, -0.1) is 0 Å². The van der Waals surface area contributed by atoms with Crippen LogP contribution in [0.15, 0.2) is 67.1 Å². The van der Waals surface area contributed by atoms with Crippen molar-refractivity contribution in [2.75, 3.05) is 5.32 Å². The molecule has 134 valence electrons. The highest BCUT2D eigenvalue weighted by Crippen LogP contribution is 2.23. The standard InChI is InChI=1S/C21H17FN4O/c1-2-14-6-9-19(23-12-14)25-21(27)16-8-7-15(11-17(16)22)18-13-24-20-5-3-4-10-26(18)20/h3-13H,2H2,1H3,(H,23,25,27). The zero-order chi connectivity index (χ0) is 18.8. The van der Waals surface area contributed by atoms with Crippen molar-refractivity contribution in [3.63, 3.8) is 0 Å². The molecule has 1 amide bonds. The number of rotatable bonds is 4. The van der Waals surface area contributed by atoms with E-state index in [2.05, 4.69) is 15.3 Å². The summed E-state index contributed by atoms with van der Waals surface area (Å²) in [4.78, 5) is 20.9. The van der Waals surface area contributed by atoms with Gasteiger partial charge in [0.15, 0.2) is 0 Å². The van der Waals surface area contributed by atoms with E-state index in [1.165, 1.54) is 12.1 Å². The second kappa shape index (κ2) is 6.99. The number of aromatic nitrogens is 3. The molecule has 0 radical (unpaired) electrons. The number of pyridine rings is 2. The average molecular weight is 360 g/mol. The average Bonchev–Trinajstić information content (AvgIpc) is 3.12. The summed E-state index contributed by atoms with van der Waals surface area (Å²) in [5.74, 6) is -0.738. The third-order valence-corrected chi connectivity index (χ3v) is 4.40. The van der Waals surface area contributed by atoms with E-state index in [1.54, 1.807) is 24.5 Å². The van der Waals surface area contributed by atoms with Crippen LogP contribution in [0.25, 0.3) is 16.9 Å². The Morgan fingerprint density at radius 3 is 2.74 bits per heavy atom. The lowest BCUT2D eigenvalue weighted by Gasteiger charge is -2.08. The largest absolute Gasteiger partial charge is 0.306 e. The number of imidazole rings is 1. The maximum Gasteiger partial charge on any atom is 0.259 e. The zero-order valence-electron chi connectivity index (χ0n) is 14.7. The number of carbonyl (C=O) groups excluding carboxylic acids is 1. The molecule has 27 heavy (non-hydrogen) atoms. The number of carbonyl (C=O) groups is 1. The summed E-state index contributed by atoms with van der Waals surface area (Å²) in [6.45, 7) is 2.02. The van der Waals surface area contributed by atoms with Gasteiger partial charge in [-0.2, -0.15) is 0 Å². The molecule has 4 rings (SSSR count). The number of fused-ring (bicyclic) bond motifs is 1. The monoisotopic (exact) mass is 360 g/mol. The van der Waals surface area contributed by atoms with Gasteiger partial charge in [-0.25, -0.2) is 14.4 Å². The molecule has 4 aromatic rings. The predicted molar refractivity (Wildman–Crippen MR) is 102 cm³/mol. The van der Waals surface area contributed by atoms with E-state index in [4.69, 9.17) is 0 Å². The van der Waals surface area contributed by atoms with Crippen LogP contribution >= 0.6 is 0 Å². The third kappa shape index (κ3) is 3.29. The van der Waals surface area contributed by atoms with Gasteiger partial charge in [-0.3, -0.25) is 9.20 Å². The summed E-state index contributed by atoms with van der Waals surface area (Å²) in [5.41, 5.74) is 3.21. The van der Waals surface area contributed by atoms with Crippen molar-refractivity contribution in [2.24, 2.45) is 0 Å². The summed E-state index contributed by atoms with van der Waals surface area (Å²) < 4.78 is 16.5. The number of nitrogens with one attached hydrogen (secondary N) is 1. The number of halogens is 1. The van der Waals surface area contributed by atoms with Crippen molar-refractivity contribution in [3.05, 3.63) is 84.1 Å². The Hall–Kier alpha value is -3.54. The van der Waals surface area contributed by atoms with Gasteiger partial charge in [0.1, 0.15) is 17.3 Å². The van der Waals surface area contributed by atoms with Crippen molar-refractivity contribution in [3.8, 4) is 11.3 Å². The van der Waals surface area contributed by atoms with Crippen LogP contribution in [-0.4, -0.2) is 20.3 Å². The van der Waals surface area contributed by atoms with Crippen molar-refractivity contribution >= 4 is 17.4 Å². The van der Waals surface area contributed by atoms with E-state index in [0.717, 1.165) is 23.3 Å². The zero-order valence-corrected chi connectivity index (χ0v) is 14.7. The fourth-order valence-electron chi connectivity index (χ4n) is 2.90. The van der Waals surface area contributed by atoms with Crippen LogP contribution in [0.3, 0.4) is 0 Å². The summed E-state index contributed by atoms with van der Waals surface area (Å²) in [6, 6.07) is 13.8. The molecule has 0 aliphatic rings. The highest BCUT2D eigenvalue weighted by atomic mass is 19.1. The molecular weight excluding hydrogens is 343 g/mol. The van der Waals surface area contributed by atoms with Crippen LogP contribution < -0.4 is 5.32 Å². The first-order valence-electron chi connectivity index (χ1n) is 8.64. The van der Waals surface area contributed by atoms with Gasteiger partial charge in [0, 0.05) is 18.0 Å². The van der Waals surface area contributed by atoms with Crippen molar-refractivity contribution in [1.82, 2.24) is 14.4 Å². The van der Waals surface area contributed by atoms with E-state index in [-0.39, 0.29) is 5.56 Å². The first-order chi connectivity index (χ1) is 13.2. The van der Waals surface area contributed by atoms with Crippen molar-refractivity contribution < 1.29 is 9.18 Å². The van der Waals surface area contributed by atoms with Crippen LogP contribution in [0.2, 0.25) is 0 Å². The fourth-order valence-corrected chi connectivity index (χ4v) is 2.90. The van der Waals surface area contributed by atoms with E-state index >= 15 is 0 Å². The van der Waals surface area contributed by atoms with E-state index in [0.29, 0.717) is 11.4 Å². The number of aryl methyl sites for hydroxylation is 1. The second-order valence-electron chi connectivity index (χ2n) is 6.13. The molecule has 0 unspecified atom stereocenters. The lowest BCUT2D eigenvalue weighted by atomic mass is 10.1. The summed E-state index contributed by atoms with van der Waals surface area (Å²) in [5, 5.41) is 2.63. The molecule has 3 aromatic heterocycles. The maximum atomic E-state index is 14.6. The lowest BCUT2D eigenvalue weighted by molar-refractivity contribution is 0.102. The van der Waals surface area contributed by atoms with E-state index in [9.17, 15) is 9.18 Å². The third-order valence-electron chi connectivity index (χ3n) is 4.40. The number of benzene rings is 1. The van der Waals surface area contributed by atoms with Gasteiger partial charge in [0.2, 0.25) is 0 Å². The Balaban J connectivity index is 1.60. The predicted octanol–water partition coefficient (Wildman–Crippen LogP) is 4.35. The van der Waals surface area contributed by atoms with Crippen LogP contribution in [0, 0.1) is 5.82 Å². The summed E-state index contributed by atoms with van der Waals surface area (Å²) >= 11 is 0. The van der Waals surface area contributed by atoms with E-state index < -0.39 is 11.7 Å². The molecule has 6 heteroatoms. The van der Waals surface area contributed by atoms with Crippen LogP contribution in [0.4, 0.5) is 10.2 Å². The molecule has 0 spiro atoms. The van der Waals surface area contributed by atoms with E-state index in [1.807, 2.05) is 41.8 Å². The van der Waals surface area contributed by atoms with Crippen LogP contribution in [0.1, 0.15) is 22.8 Å². The Morgan fingerprint density at radius 2 is 2.00 bits per heavy atom. The molecule has 3 heterocycles. The van der Waals surface area contributed by atoms with Crippen LogP contribution in [0.5, 0.6) is 0 Å². The highest BCUT2D eigenvalue weighted by molar-refractivity contribution is 6.04. The molecule has 1 aromatic carbocycles. The first-order valence-corrected chi connectivity index (χ1v) is 8.64. The van der Waals surface area contributed by atoms with Gasteiger partial charge in [0.05, 0.1) is 17.5 Å². The molecule has 1 N–H and O–H groups in total. The molecule has 0 aliphatic carbocycles. The normalized spacial score (nSPS) is 10.9. The van der Waals surface area contributed by atoms with Gasteiger partial charge >= 0.3 is 0 Å². The Labute approximate surface area is 155 Å². The smallest absolute Gasteiger partial charge is 0.259 e. The summed E-state index contributed by atoms with van der Waals surface area (Å²) in [7, 11) is 0.